The van der Waals surface area contributed by atoms with Crippen LogP contribution in [0.5, 0.6) is 5.75 Å². The van der Waals surface area contributed by atoms with Gasteiger partial charge in [-0.15, -0.1) is 0 Å². The highest BCUT2D eigenvalue weighted by atomic mass is 16.5. The maximum absolute atomic E-state index is 13.2. The van der Waals surface area contributed by atoms with Crippen molar-refractivity contribution in [2.45, 2.75) is 20.3 Å². The summed E-state index contributed by atoms with van der Waals surface area (Å²) in [4.78, 5) is 40.4. The Morgan fingerprint density at radius 3 is 2.13 bits per heavy atom. The lowest BCUT2D eigenvalue weighted by atomic mass is 9.63. The maximum atomic E-state index is 13.2. The molecule has 2 amide bonds. The average molecular weight is 413 g/mol. The Bertz CT molecular complexity index is 1130. The van der Waals surface area contributed by atoms with Crippen LogP contribution in [0.15, 0.2) is 54.6 Å². The van der Waals surface area contributed by atoms with E-state index in [-0.39, 0.29) is 35.5 Å². The predicted octanol–water partition coefficient (Wildman–Crippen LogP) is 4.08. The van der Waals surface area contributed by atoms with E-state index in [9.17, 15) is 14.4 Å². The molecule has 0 radical (unpaired) electrons. The smallest absolute Gasteiger partial charge is 0.343 e. The van der Waals surface area contributed by atoms with Crippen molar-refractivity contribution in [3.8, 4) is 5.75 Å². The third-order valence-electron chi connectivity index (χ3n) is 7.78. The van der Waals surface area contributed by atoms with Crippen LogP contribution in [0.2, 0.25) is 0 Å². The number of anilines is 1. The lowest BCUT2D eigenvalue weighted by Gasteiger charge is -2.37. The Labute approximate surface area is 180 Å². The van der Waals surface area contributed by atoms with Crippen LogP contribution >= 0.6 is 0 Å². The molecule has 5 aliphatic rings. The van der Waals surface area contributed by atoms with E-state index in [1.165, 1.54) is 4.90 Å². The van der Waals surface area contributed by atoms with Gasteiger partial charge < -0.3 is 4.74 Å². The topological polar surface area (TPSA) is 63.7 Å². The second-order valence-electron chi connectivity index (χ2n) is 9.30. The SMILES string of the molecule is Cc1cccc(OC(=O)c2ccc(N3C(=O)[C@@H]4[C@H]5C=C[C@@H]([C@@H]6C[C@@H]56)[C@H]4C3=O)cc2)c1C. The maximum Gasteiger partial charge on any atom is 0.343 e. The minimum Gasteiger partial charge on any atom is -0.423 e. The summed E-state index contributed by atoms with van der Waals surface area (Å²) in [6, 6.07) is 12.2. The van der Waals surface area contributed by atoms with Crippen LogP contribution in [0, 0.1) is 49.4 Å². The van der Waals surface area contributed by atoms with E-state index in [2.05, 4.69) is 12.2 Å². The summed E-state index contributed by atoms with van der Waals surface area (Å²) in [5.41, 5.74) is 2.88. The van der Waals surface area contributed by atoms with E-state index in [0.29, 0.717) is 28.8 Å². The largest absolute Gasteiger partial charge is 0.423 e. The van der Waals surface area contributed by atoms with Gasteiger partial charge in [-0.2, -0.15) is 0 Å². The van der Waals surface area contributed by atoms with Crippen LogP contribution in [-0.2, 0) is 9.59 Å². The first-order chi connectivity index (χ1) is 15.0. The summed E-state index contributed by atoms with van der Waals surface area (Å²) < 4.78 is 5.56. The Hall–Kier alpha value is -3.21. The van der Waals surface area contributed by atoms with Crippen molar-refractivity contribution in [2.75, 3.05) is 4.90 Å². The van der Waals surface area contributed by atoms with Crippen molar-refractivity contribution in [1.82, 2.24) is 0 Å². The third-order valence-corrected chi connectivity index (χ3v) is 7.78. The fourth-order valence-corrected chi connectivity index (χ4v) is 5.95. The number of carbonyl (C=O) groups is 3. The Morgan fingerprint density at radius 1 is 0.903 bits per heavy atom. The molecule has 2 aromatic carbocycles. The van der Waals surface area contributed by atoms with Gasteiger partial charge in [0.1, 0.15) is 5.75 Å². The molecule has 1 heterocycles. The molecule has 0 N–H and O–H groups in total. The molecule has 2 bridgehead atoms. The Balaban J connectivity index is 1.24. The van der Waals surface area contributed by atoms with Gasteiger partial charge >= 0.3 is 5.97 Å². The summed E-state index contributed by atoms with van der Waals surface area (Å²) in [5, 5.41) is 0. The normalized spacial score (nSPS) is 32.1. The lowest BCUT2D eigenvalue weighted by Crippen LogP contribution is -2.40. The van der Waals surface area contributed by atoms with Crippen LogP contribution in [0.3, 0.4) is 0 Å². The third kappa shape index (κ3) is 2.59. The molecule has 6 atom stereocenters. The zero-order valence-electron chi connectivity index (χ0n) is 17.4. The van der Waals surface area contributed by atoms with E-state index in [4.69, 9.17) is 4.74 Å². The summed E-state index contributed by atoms with van der Waals surface area (Å²) in [7, 11) is 0. The number of imide groups is 1. The van der Waals surface area contributed by atoms with Crippen LogP contribution < -0.4 is 9.64 Å². The molecule has 0 unspecified atom stereocenters. The van der Waals surface area contributed by atoms with Crippen molar-refractivity contribution in [2.24, 2.45) is 35.5 Å². The first-order valence-corrected chi connectivity index (χ1v) is 10.9. The lowest BCUT2D eigenvalue weighted by molar-refractivity contribution is -0.124. The molecule has 31 heavy (non-hydrogen) atoms. The number of nitrogens with zero attached hydrogens (tertiary/aromatic N) is 1. The van der Waals surface area contributed by atoms with Gasteiger partial charge in [-0.25, -0.2) is 4.79 Å². The number of aryl methyl sites for hydroxylation is 1. The first kappa shape index (κ1) is 18.6. The molecule has 5 heteroatoms. The minimum absolute atomic E-state index is 0.0922. The fraction of sp³-hybridized carbons (Fsp3) is 0.346. The van der Waals surface area contributed by atoms with Gasteiger partial charge in [-0.1, -0.05) is 24.3 Å². The molecular formula is C26H23NO4. The van der Waals surface area contributed by atoms with Gasteiger partial charge in [0, 0.05) is 0 Å². The van der Waals surface area contributed by atoms with Crippen LogP contribution in [0.4, 0.5) is 5.69 Å². The fourth-order valence-electron chi connectivity index (χ4n) is 5.95. The minimum atomic E-state index is -0.463. The van der Waals surface area contributed by atoms with E-state index in [0.717, 1.165) is 17.5 Å². The number of amides is 2. The number of carbonyl (C=O) groups excluding carboxylic acids is 3. The van der Waals surface area contributed by atoms with Crippen LogP contribution in [0.25, 0.3) is 0 Å². The van der Waals surface area contributed by atoms with Gasteiger partial charge in [0.2, 0.25) is 11.8 Å². The number of hydrogen-bond donors (Lipinski definition) is 0. The van der Waals surface area contributed by atoms with Crippen molar-refractivity contribution in [3.63, 3.8) is 0 Å². The molecule has 0 spiro atoms. The van der Waals surface area contributed by atoms with Gasteiger partial charge in [0.25, 0.3) is 0 Å². The van der Waals surface area contributed by atoms with E-state index in [1.54, 1.807) is 30.3 Å². The van der Waals surface area contributed by atoms with Crippen molar-refractivity contribution in [3.05, 3.63) is 71.3 Å². The highest BCUT2D eigenvalue weighted by Gasteiger charge is 2.67. The van der Waals surface area contributed by atoms with Crippen molar-refractivity contribution >= 4 is 23.5 Å². The summed E-state index contributed by atoms with van der Waals surface area (Å²) >= 11 is 0. The number of benzene rings is 2. The first-order valence-electron chi connectivity index (χ1n) is 10.9. The molecule has 4 aliphatic carbocycles. The van der Waals surface area contributed by atoms with Gasteiger partial charge in [-0.3, -0.25) is 14.5 Å². The quantitative estimate of drug-likeness (QED) is 0.329. The summed E-state index contributed by atoms with van der Waals surface area (Å²) in [5.74, 6) is 1.00. The molecular weight excluding hydrogens is 390 g/mol. The van der Waals surface area contributed by atoms with Gasteiger partial charge in [0.15, 0.2) is 0 Å². The Morgan fingerprint density at radius 2 is 1.52 bits per heavy atom. The molecule has 1 saturated heterocycles. The van der Waals surface area contributed by atoms with E-state index in [1.807, 2.05) is 26.0 Å². The molecule has 3 fully saturated rings. The van der Waals surface area contributed by atoms with Crippen molar-refractivity contribution in [1.29, 1.82) is 0 Å². The zero-order valence-corrected chi connectivity index (χ0v) is 17.4. The molecule has 2 aromatic rings. The van der Waals surface area contributed by atoms with E-state index >= 15 is 0 Å². The highest BCUT2D eigenvalue weighted by Crippen LogP contribution is 2.65. The molecule has 1 aliphatic heterocycles. The average Bonchev–Trinajstić information content (AvgIpc) is 3.55. The van der Waals surface area contributed by atoms with E-state index < -0.39 is 5.97 Å². The second kappa shape index (κ2) is 6.39. The molecule has 7 rings (SSSR count). The van der Waals surface area contributed by atoms with Crippen molar-refractivity contribution < 1.29 is 19.1 Å². The second-order valence-corrected chi connectivity index (χ2v) is 9.30. The van der Waals surface area contributed by atoms with Gasteiger partial charge in [0.05, 0.1) is 23.1 Å². The zero-order chi connectivity index (χ0) is 21.4. The van der Waals surface area contributed by atoms with Gasteiger partial charge in [-0.05, 0) is 85.4 Å². The molecule has 156 valence electrons. The monoisotopic (exact) mass is 413 g/mol. The Kier molecular flexibility index (Phi) is 3.83. The predicted molar refractivity (Wildman–Crippen MR) is 115 cm³/mol. The summed E-state index contributed by atoms with van der Waals surface area (Å²) in [6.07, 6.45) is 5.48. The number of rotatable bonds is 3. The number of hydrogen-bond acceptors (Lipinski definition) is 4. The molecule has 5 nitrogen and oxygen atoms in total. The number of ether oxygens (including phenoxy) is 1. The molecule has 2 saturated carbocycles. The highest BCUT2D eigenvalue weighted by molar-refractivity contribution is 6.22. The molecule has 0 aromatic heterocycles. The standard InChI is InChI=1S/C26H23NO4/c1-13-4-3-5-21(14(13)2)31-26(30)15-6-8-16(9-7-15)27-24(28)22-17-10-11-18(20-12-19(17)20)23(22)25(27)29/h3-11,17-20,22-23H,12H2,1-2H3/t17-,18-,19-,20-,22+,23+/m0/s1. The van der Waals surface area contributed by atoms with Crippen LogP contribution in [-0.4, -0.2) is 17.8 Å². The number of allylic oxidation sites excluding steroid dienone is 2. The number of esters is 1. The summed E-state index contributed by atoms with van der Waals surface area (Å²) in [6.45, 7) is 3.88. The van der Waals surface area contributed by atoms with Crippen LogP contribution in [0.1, 0.15) is 27.9 Å².